The summed E-state index contributed by atoms with van der Waals surface area (Å²) in [5, 5.41) is 3.98. The van der Waals surface area contributed by atoms with E-state index >= 15 is 0 Å². The predicted molar refractivity (Wildman–Crippen MR) is 102 cm³/mol. The van der Waals surface area contributed by atoms with E-state index in [1.807, 2.05) is 19.1 Å². The highest BCUT2D eigenvalue weighted by Crippen LogP contribution is 2.33. The van der Waals surface area contributed by atoms with Crippen LogP contribution in [0.25, 0.3) is 16.9 Å². The van der Waals surface area contributed by atoms with Crippen LogP contribution in [0.2, 0.25) is 5.02 Å². The van der Waals surface area contributed by atoms with Crippen molar-refractivity contribution in [3.05, 3.63) is 47.2 Å². The highest BCUT2D eigenvalue weighted by molar-refractivity contribution is 6.32. The summed E-state index contributed by atoms with van der Waals surface area (Å²) in [5.74, 6) is 0.688. The molecule has 3 heterocycles. The summed E-state index contributed by atoms with van der Waals surface area (Å²) in [5.41, 5.74) is 5.19. The number of methoxy groups -OCH3 is 1. The van der Waals surface area contributed by atoms with Crippen LogP contribution in [-0.4, -0.2) is 42.7 Å². The molecule has 4 rings (SSSR count). The highest BCUT2D eigenvalue weighted by atomic mass is 35.5. The number of benzene rings is 1. The molecule has 0 bridgehead atoms. The van der Waals surface area contributed by atoms with Gasteiger partial charge in [0.25, 0.3) is 0 Å². The second-order valence-corrected chi connectivity index (χ2v) is 6.72. The first-order valence-electron chi connectivity index (χ1n) is 8.44. The number of ether oxygens (including phenoxy) is 1. The monoisotopic (exact) mass is 356 g/mol. The number of rotatable bonds is 3. The quantitative estimate of drug-likeness (QED) is 0.781. The Morgan fingerprint density at radius 3 is 2.72 bits per heavy atom. The van der Waals surface area contributed by atoms with Crippen molar-refractivity contribution in [3.63, 3.8) is 0 Å². The fourth-order valence-corrected chi connectivity index (χ4v) is 3.55. The Labute approximate surface area is 152 Å². The first kappa shape index (κ1) is 16.2. The number of fused-ring (bicyclic) bond motifs is 1. The minimum atomic E-state index is 0.599. The number of anilines is 1. The molecule has 0 aliphatic carbocycles. The number of nitrogens with zero attached hydrogens (tertiary/aromatic N) is 3. The van der Waals surface area contributed by atoms with E-state index < -0.39 is 0 Å². The van der Waals surface area contributed by atoms with E-state index in [0.717, 1.165) is 48.6 Å². The maximum Gasteiger partial charge on any atom is 0.137 e. The zero-order valence-electron chi connectivity index (χ0n) is 14.4. The minimum absolute atomic E-state index is 0.599. The van der Waals surface area contributed by atoms with Gasteiger partial charge in [-0.15, -0.1) is 0 Å². The Morgan fingerprint density at radius 1 is 1.16 bits per heavy atom. The molecule has 25 heavy (non-hydrogen) atoms. The molecule has 1 N–H and O–H groups in total. The van der Waals surface area contributed by atoms with Crippen LogP contribution in [0.4, 0.5) is 5.69 Å². The standard InChI is InChI=1S/C19H21ClN4O/c1-13-9-18(25-2)16(20)10-15(13)17-12-24-11-14(3-4-19(24)22-17)23-7-5-21-6-8-23/h3-4,9-12,21H,5-8H2,1-2H3. The van der Waals surface area contributed by atoms with E-state index in [2.05, 4.69) is 39.1 Å². The molecular weight excluding hydrogens is 336 g/mol. The highest BCUT2D eigenvalue weighted by Gasteiger charge is 2.14. The van der Waals surface area contributed by atoms with Crippen LogP contribution in [-0.2, 0) is 0 Å². The van der Waals surface area contributed by atoms with Gasteiger partial charge in [-0.05, 0) is 36.8 Å². The van der Waals surface area contributed by atoms with Gasteiger partial charge >= 0.3 is 0 Å². The van der Waals surface area contributed by atoms with Crippen molar-refractivity contribution in [2.45, 2.75) is 6.92 Å². The Morgan fingerprint density at radius 2 is 1.96 bits per heavy atom. The van der Waals surface area contributed by atoms with Gasteiger partial charge in [0.2, 0.25) is 0 Å². The van der Waals surface area contributed by atoms with Gasteiger partial charge in [-0.25, -0.2) is 4.98 Å². The van der Waals surface area contributed by atoms with E-state index in [1.54, 1.807) is 7.11 Å². The second-order valence-electron chi connectivity index (χ2n) is 6.32. The van der Waals surface area contributed by atoms with E-state index in [9.17, 15) is 0 Å². The normalized spacial score (nSPS) is 14.9. The lowest BCUT2D eigenvalue weighted by molar-refractivity contribution is 0.415. The molecule has 6 heteroatoms. The van der Waals surface area contributed by atoms with Gasteiger partial charge in [0.1, 0.15) is 11.4 Å². The van der Waals surface area contributed by atoms with Gasteiger partial charge in [0.15, 0.2) is 0 Å². The summed E-state index contributed by atoms with van der Waals surface area (Å²) in [6.07, 6.45) is 4.21. The Hall–Kier alpha value is -2.24. The lowest BCUT2D eigenvalue weighted by atomic mass is 10.1. The molecule has 2 aromatic heterocycles. The van der Waals surface area contributed by atoms with Crippen molar-refractivity contribution in [1.29, 1.82) is 0 Å². The van der Waals surface area contributed by atoms with Crippen LogP contribution < -0.4 is 15.0 Å². The third-order valence-electron chi connectivity index (χ3n) is 4.69. The van der Waals surface area contributed by atoms with Crippen LogP contribution >= 0.6 is 11.6 Å². The molecule has 0 radical (unpaired) electrons. The van der Waals surface area contributed by atoms with Crippen molar-refractivity contribution in [3.8, 4) is 17.0 Å². The minimum Gasteiger partial charge on any atom is -0.495 e. The third-order valence-corrected chi connectivity index (χ3v) is 4.99. The smallest absolute Gasteiger partial charge is 0.137 e. The predicted octanol–water partition coefficient (Wildman–Crippen LogP) is 3.38. The Balaban J connectivity index is 1.73. The topological polar surface area (TPSA) is 41.8 Å². The Kier molecular flexibility index (Phi) is 4.27. The number of hydrogen-bond donors (Lipinski definition) is 1. The Bertz CT molecular complexity index is 915. The molecule has 0 saturated carbocycles. The van der Waals surface area contributed by atoms with Crippen LogP contribution in [0.3, 0.4) is 0 Å². The van der Waals surface area contributed by atoms with Gasteiger partial charge in [-0.3, -0.25) is 0 Å². The average molecular weight is 357 g/mol. The van der Waals surface area contributed by atoms with Crippen LogP contribution in [0.5, 0.6) is 5.75 Å². The molecule has 0 atom stereocenters. The molecular formula is C19H21ClN4O. The summed E-state index contributed by atoms with van der Waals surface area (Å²) in [4.78, 5) is 7.15. The molecule has 5 nitrogen and oxygen atoms in total. The maximum absolute atomic E-state index is 6.30. The van der Waals surface area contributed by atoms with Crippen molar-refractivity contribution in [1.82, 2.24) is 14.7 Å². The number of imidazole rings is 1. The van der Waals surface area contributed by atoms with E-state index in [-0.39, 0.29) is 0 Å². The maximum atomic E-state index is 6.30. The average Bonchev–Trinajstić information content (AvgIpc) is 3.07. The molecule has 0 spiro atoms. The van der Waals surface area contributed by atoms with Crippen molar-refractivity contribution >= 4 is 22.9 Å². The summed E-state index contributed by atoms with van der Waals surface area (Å²) in [7, 11) is 1.63. The lowest BCUT2D eigenvalue weighted by Crippen LogP contribution is -2.43. The number of aromatic nitrogens is 2. The summed E-state index contributed by atoms with van der Waals surface area (Å²) in [6, 6.07) is 8.09. The fraction of sp³-hybridized carbons (Fsp3) is 0.316. The number of hydrogen-bond acceptors (Lipinski definition) is 4. The number of nitrogens with one attached hydrogen (secondary N) is 1. The van der Waals surface area contributed by atoms with Gasteiger partial charge in [0.05, 0.1) is 23.5 Å². The molecule has 1 fully saturated rings. The van der Waals surface area contributed by atoms with Gasteiger partial charge < -0.3 is 19.4 Å². The zero-order chi connectivity index (χ0) is 17.4. The van der Waals surface area contributed by atoms with E-state index in [4.69, 9.17) is 21.3 Å². The zero-order valence-corrected chi connectivity index (χ0v) is 15.2. The molecule has 3 aromatic rings. The molecule has 1 aromatic carbocycles. The number of pyridine rings is 1. The molecule has 1 aliphatic heterocycles. The molecule has 130 valence electrons. The summed E-state index contributed by atoms with van der Waals surface area (Å²) < 4.78 is 7.38. The molecule has 1 aliphatic rings. The third kappa shape index (κ3) is 3.05. The first-order chi connectivity index (χ1) is 12.2. The molecule has 0 unspecified atom stereocenters. The van der Waals surface area contributed by atoms with Crippen molar-refractivity contribution < 1.29 is 4.74 Å². The van der Waals surface area contributed by atoms with E-state index in [1.165, 1.54) is 5.69 Å². The first-order valence-corrected chi connectivity index (χ1v) is 8.82. The second kappa shape index (κ2) is 6.58. The van der Waals surface area contributed by atoms with Gasteiger partial charge in [-0.1, -0.05) is 11.6 Å². The largest absolute Gasteiger partial charge is 0.495 e. The number of aryl methyl sites for hydroxylation is 1. The SMILES string of the molecule is COc1cc(C)c(-c2cn3cc(N4CCNCC4)ccc3n2)cc1Cl. The van der Waals surface area contributed by atoms with E-state index in [0.29, 0.717) is 10.8 Å². The van der Waals surface area contributed by atoms with Gasteiger partial charge in [-0.2, -0.15) is 0 Å². The van der Waals surface area contributed by atoms with Crippen LogP contribution in [0.15, 0.2) is 36.7 Å². The lowest BCUT2D eigenvalue weighted by Gasteiger charge is -2.29. The summed E-state index contributed by atoms with van der Waals surface area (Å²) in [6.45, 7) is 6.15. The number of halogens is 1. The van der Waals surface area contributed by atoms with Crippen LogP contribution in [0.1, 0.15) is 5.56 Å². The molecule has 0 amide bonds. The number of piperazine rings is 1. The fourth-order valence-electron chi connectivity index (χ4n) is 3.31. The summed E-state index contributed by atoms with van der Waals surface area (Å²) >= 11 is 6.30. The van der Waals surface area contributed by atoms with Gasteiger partial charge in [0, 0.05) is 44.1 Å². The van der Waals surface area contributed by atoms with Crippen molar-refractivity contribution in [2.75, 3.05) is 38.2 Å². The molecule has 1 saturated heterocycles. The van der Waals surface area contributed by atoms with Crippen LogP contribution in [0, 0.1) is 6.92 Å². The van der Waals surface area contributed by atoms with Crippen molar-refractivity contribution in [2.24, 2.45) is 0 Å².